The molecule has 1 aromatic rings. The van der Waals surface area contributed by atoms with Gasteiger partial charge in [-0.15, -0.1) is 0 Å². The van der Waals surface area contributed by atoms with E-state index in [0.717, 1.165) is 0 Å². The molecule has 0 aromatic heterocycles. The summed E-state index contributed by atoms with van der Waals surface area (Å²) in [4.78, 5) is 0. The fraction of sp³-hybridized carbons (Fsp3) is 0.455. The van der Waals surface area contributed by atoms with Gasteiger partial charge in [-0.05, 0) is 31.0 Å². The van der Waals surface area contributed by atoms with Crippen LogP contribution in [-0.4, -0.2) is 12.2 Å². The summed E-state index contributed by atoms with van der Waals surface area (Å²) in [5, 5.41) is 9.88. The molecule has 1 rings (SSSR count). The minimum absolute atomic E-state index is 0.195. The van der Waals surface area contributed by atoms with Gasteiger partial charge in [0, 0.05) is 0 Å². The summed E-state index contributed by atoms with van der Waals surface area (Å²) in [5.41, 5.74) is -0.411. The van der Waals surface area contributed by atoms with Crippen molar-refractivity contribution in [1.82, 2.24) is 0 Å². The lowest BCUT2D eigenvalue weighted by molar-refractivity contribution is 0.0527. The van der Waals surface area contributed by atoms with E-state index in [1.807, 2.05) is 6.92 Å². The van der Waals surface area contributed by atoms with Crippen LogP contribution in [0.1, 0.15) is 25.8 Å². The van der Waals surface area contributed by atoms with E-state index in [0.29, 0.717) is 12.0 Å². The molecule has 0 bridgehead atoms. The van der Waals surface area contributed by atoms with Gasteiger partial charge in [-0.1, -0.05) is 13.0 Å². The zero-order valence-electron chi connectivity index (χ0n) is 8.67. The maximum Gasteiger partial charge on any atom is 0.165 e. The van der Waals surface area contributed by atoms with Gasteiger partial charge in [0.15, 0.2) is 11.6 Å². The van der Waals surface area contributed by atoms with E-state index in [1.165, 1.54) is 19.2 Å². The van der Waals surface area contributed by atoms with Crippen molar-refractivity contribution in [2.45, 2.75) is 25.9 Å². The Labute approximate surface area is 83.3 Å². The summed E-state index contributed by atoms with van der Waals surface area (Å²) in [7, 11) is 1.41. The van der Waals surface area contributed by atoms with E-state index in [4.69, 9.17) is 4.74 Å². The Morgan fingerprint density at radius 3 is 2.57 bits per heavy atom. The zero-order chi connectivity index (χ0) is 10.8. The minimum atomic E-state index is -0.979. The van der Waals surface area contributed by atoms with Crippen LogP contribution in [0.3, 0.4) is 0 Å². The molecule has 0 amide bonds. The molecule has 0 spiro atoms. The second-order valence-electron chi connectivity index (χ2n) is 3.48. The van der Waals surface area contributed by atoms with Gasteiger partial charge in [-0.2, -0.15) is 0 Å². The number of hydrogen-bond donors (Lipinski definition) is 1. The lowest BCUT2D eigenvalue weighted by atomic mass is 9.93. The van der Waals surface area contributed by atoms with Crippen molar-refractivity contribution in [1.29, 1.82) is 0 Å². The van der Waals surface area contributed by atoms with Crippen molar-refractivity contribution in [3.05, 3.63) is 29.6 Å². The van der Waals surface area contributed by atoms with Gasteiger partial charge in [-0.3, -0.25) is 0 Å². The Bertz CT molecular complexity index is 321. The van der Waals surface area contributed by atoms with Crippen LogP contribution in [0.2, 0.25) is 0 Å². The van der Waals surface area contributed by atoms with Crippen LogP contribution in [0, 0.1) is 5.82 Å². The van der Waals surface area contributed by atoms with Crippen LogP contribution in [0.4, 0.5) is 4.39 Å². The first-order chi connectivity index (χ1) is 6.51. The van der Waals surface area contributed by atoms with E-state index in [9.17, 15) is 9.50 Å². The van der Waals surface area contributed by atoms with Gasteiger partial charge in [0.05, 0.1) is 12.7 Å². The fourth-order valence-electron chi connectivity index (χ4n) is 1.21. The molecule has 2 nitrogen and oxygen atoms in total. The summed E-state index contributed by atoms with van der Waals surface area (Å²) in [6.45, 7) is 3.51. The molecular formula is C11H15FO2. The first-order valence-corrected chi connectivity index (χ1v) is 4.57. The number of ether oxygens (including phenoxy) is 1. The molecule has 0 aliphatic carbocycles. The first-order valence-electron chi connectivity index (χ1n) is 4.57. The summed E-state index contributed by atoms with van der Waals surface area (Å²) >= 11 is 0. The van der Waals surface area contributed by atoms with Crippen LogP contribution < -0.4 is 4.74 Å². The predicted octanol–water partition coefficient (Wildman–Crippen LogP) is 2.45. The summed E-state index contributed by atoms with van der Waals surface area (Å²) in [6, 6.07) is 4.50. The molecule has 0 fully saturated rings. The average molecular weight is 198 g/mol. The Kier molecular flexibility index (Phi) is 3.11. The maximum atomic E-state index is 13.3. The molecule has 1 aromatic carbocycles. The third-order valence-electron chi connectivity index (χ3n) is 2.46. The highest BCUT2D eigenvalue weighted by molar-refractivity contribution is 5.32. The van der Waals surface area contributed by atoms with Crippen LogP contribution >= 0.6 is 0 Å². The number of methoxy groups -OCH3 is 1. The molecule has 0 heterocycles. The molecular weight excluding hydrogens is 183 g/mol. The molecule has 1 N–H and O–H groups in total. The number of benzene rings is 1. The van der Waals surface area contributed by atoms with Crippen molar-refractivity contribution in [3.8, 4) is 5.75 Å². The largest absolute Gasteiger partial charge is 0.494 e. The molecule has 0 saturated heterocycles. The topological polar surface area (TPSA) is 29.5 Å². The van der Waals surface area contributed by atoms with Gasteiger partial charge in [0.1, 0.15) is 0 Å². The van der Waals surface area contributed by atoms with Crippen molar-refractivity contribution in [2.24, 2.45) is 0 Å². The minimum Gasteiger partial charge on any atom is -0.494 e. The molecule has 3 heteroatoms. The quantitative estimate of drug-likeness (QED) is 0.808. The highest BCUT2D eigenvalue weighted by atomic mass is 19.1. The van der Waals surface area contributed by atoms with Gasteiger partial charge in [-0.25, -0.2) is 4.39 Å². The number of halogens is 1. The smallest absolute Gasteiger partial charge is 0.165 e. The van der Waals surface area contributed by atoms with Gasteiger partial charge in [0.2, 0.25) is 0 Å². The Hall–Kier alpha value is -1.09. The highest BCUT2D eigenvalue weighted by Gasteiger charge is 2.21. The van der Waals surface area contributed by atoms with E-state index >= 15 is 0 Å². The average Bonchev–Trinajstić information content (AvgIpc) is 2.17. The van der Waals surface area contributed by atoms with Crippen molar-refractivity contribution in [2.75, 3.05) is 7.11 Å². The number of aliphatic hydroxyl groups is 1. The van der Waals surface area contributed by atoms with E-state index in [1.54, 1.807) is 13.0 Å². The number of rotatable bonds is 3. The third-order valence-corrected chi connectivity index (χ3v) is 2.46. The normalized spacial score (nSPS) is 14.9. The van der Waals surface area contributed by atoms with Crippen LogP contribution in [0.15, 0.2) is 18.2 Å². The van der Waals surface area contributed by atoms with Crippen molar-refractivity contribution >= 4 is 0 Å². The first kappa shape index (κ1) is 11.0. The molecule has 14 heavy (non-hydrogen) atoms. The fourth-order valence-corrected chi connectivity index (χ4v) is 1.21. The van der Waals surface area contributed by atoms with Gasteiger partial charge in [0.25, 0.3) is 0 Å². The van der Waals surface area contributed by atoms with E-state index < -0.39 is 11.4 Å². The third kappa shape index (κ3) is 2.04. The molecule has 78 valence electrons. The predicted molar refractivity (Wildman–Crippen MR) is 52.8 cm³/mol. The second-order valence-corrected chi connectivity index (χ2v) is 3.48. The number of hydrogen-bond acceptors (Lipinski definition) is 2. The van der Waals surface area contributed by atoms with Crippen molar-refractivity contribution in [3.63, 3.8) is 0 Å². The van der Waals surface area contributed by atoms with E-state index in [-0.39, 0.29) is 5.75 Å². The molecule has 0 saturated carbocycles. The second kappa shape index (κ2) is 3.96. The summed E-state index contributed by atoms with van der Waals surface area (Å²) in [6.07, 6.45) is 0.540. The molecule has 0 aliphatic heterocycles. The zero-order valence-corrected chi connectivity index (χ0v) is 8.67. The van der Waals surface area contributed by atoms with Crippen LogP contribution in [-0.2, 0) is 5.60 Å². The summed E-state index contributed by atoms with van der Waals surface area (Å²) < 4.78 is 18.1. The Balaban J connectivity index is 3.08. The summed E-state index contributed by atoms with van der Waals surface area (Å²) in [5.74, 6) is -0.251. The highest BCUT2D eigenvalue weighted by Crippen LogP contribution is 2.27. The van der Waals surface area contributed by atoms with Gasteiger partial charge < -0.3 is 9.84 Å². The maximum absolute atomic E-state index is 13.3. The Morgan fingerprint density at radius 1 is 1.50 bits per heavy atom. The molecule has 0 unspecified atom stereocenters. The molecule has 1 atom stereocenters. The lowest BCUT2D eigenvalue weighted by Gasteiger charge is -2.22. The van der Waals surface area contributed by atoms with Crippen LogP contribution in [0.5, 0.6) is 5.75 Å². The lowest BCUT2D eigenvalue weighted by Crippen LogP contribution is -2.19. The standard InChI is InChI=1S/C11H15FO2/c1-4-11(2,13)8-5-6-10(14-3)9(12)7-8/h5-7,13H,4H2,1-3H3/t11-/m1/s1. The monoisotopic (exact) mass is 198 g/mol. The van der Waals surface area contributed by atoms with E-state index in [2.05, 4.69) is 0 Å². The molecule has 0 radical (unpaired) electrons. The van der Waals surface area contributed by atoms with Gasteiger partial charge >= 0.3 is 0 Å². The van der Waals surface area contributed by atoms with Crippen LogP contribution in [0.25, 0.3) is 0 Å². The SMILES string of the molecule is CC[C@@](C)(O)c1ccc(OC)c(F)c1. The Morgan fingerprint density at radius 2 is 2.14 bits per heavy atom. The molecule has 0 aliphatic rings. The van der Waals surface area contributed by atoms with Crippen molar-refractivity contribution < 1.29 is 14.2 Å².